The second-order valence-electron chi connectivity index (χ2n) is 6.19. The molecule has 0 spiro atoms. The van der Waals surface area contributed by atoms with Crippen LogP contribution in [0, 0.1) is 22.0 Å². The van der Waals surface area contributed by atoms with Crippen LogP contribution in [0.2, 0.25) is 0 Å². The summed E-state index contributed by atoms with van der Waals surface area (Å²) in [6.07, 6.45) is 3.59. The molecular formula is C16H24N2O3. The van der Waals surface area contributed by atoms with Crippen LogP contribution in [0.5, 0.6) is 5.75 Å². The number of nitrogens with zero attached hydrogens (tertiary/aromatic N) is 1. The number of hydrogen-bond donors (Lipinski definition) is 1. The van der Waals surface area contributed by atoms with Gasteiger partial charge in [0, 0.05) is 12.6 Å². The third-order valence-electron chi connectivity index (χ3n) is 3.80. The molecule has 1 N–H and O–H groups in total. The lowest BCUT2D eigenvalue weighted by Crippen LogP contribution is -2.20. The number of benzene rings is 1. The summed E-state index contributed by atoms with van der Waals surface area (Å²) in [6.45, 7) is 6.51. The van der Waals surface area contributed by atoms with Gasteiger partial charge in [0.15, 0.2) is 5.75 Å². The van der Waals surface area contributed by atoms with Gasteiger partial charge >= 0.3 is 5.69 Å². The number of ether oxygens (including phenoxy) is 1. The maximum absolute atomic E-state index is 11.1. The first kappa shape index (κ1) is 15.8. The molecule has 5 heteroatoms. The van der Waals surface area contributed by atoms with Crippen molar-refractivity contribution in [1.82, 2.24) is 5.32 Å². The summed E-state index contributed by atoms with van der Waals surface area (Å²) in [5.74, 6) is 1.54. The molecule has 1 aromatic carbocycles. The lowest BCUT2D eigenvalue weighted by atomic mass is 9.86. The maximum atomic E-state index is 11.1. The Morgan fingerprint density at radius 1 is 1.43 bits per heavy atom. The van der Waals surface area contributed by atoms with Crippen LogP contribution in [0.4, 0.5) is 5.69 Å². The summed E-state index contributed by atoms with van der Waals surface area (Å²) < 4.78 is 5.70. The standard InChI is InChI=1S/C16H24N2O3/c1-12(2)9-17-10-14-6-7-15(18(19)20)16(8-14)21-11-13-4-3-5-13/h6-8,12-13,17H,3-5,9-11H2,1-2H3. The second kappa shape index (κ2) is 7.41. The molecule has 116 valence electrons. The van der Waals surface area contributed by atoms with Gasteiger partial charge in [-0.3, -0.25) is 10.1 Å². The van der Waals surface area contributed by atoms with Gasteiger partial charge in [-0.1, -0.05) is 26.3 Å². The highest BCUT2D eigenvalue weighted by atomic mass is 16.6. The Labute approximate surface area is 125 Å². The van der Waals surface area contributed by atoms with Crippen LogP contribution < -0.4 is 10.1 Å². The Balaban J connectivity index is 2.00. The molecular weight excluding hydrogens is 268 g/mol. The summed E-state index contributed by atoms with van der Waals surface area (Å²) in [7, 11) is 0. The van der Waals surface area contributed by atoms with E-state index in [2.05, 4.69) is 19.2 Å². The van der Waals surface area contributed by atoms with Crippen molar-refractivity contribution >= 4 is 5.69 Å². The van der Waals surface area contributed by atoms with Crippen molar-refractivity contribution in [2.75, 3.05) is 13.2 Å². The molecule has 0 aliphatic heterocycles. The minimum absolute atomic E-state index is 0.0573. The van der Waals surface area contributed by atoms with Crippen molar-refractivity contribution in [2.45, 2.75) is 39.7 Å². The van der Waals surface area contributed by atoms with Gasteiger partial charge < -0.3 is 10.1 Å². The zero-order valence-electron chi connectivity index (χ0n) is 12.8. The molecule has 0 unspecified atom stereocenters. The van der Waals surface area contributed by atoms with Crippen LogP contribution in [-0.4, -0.2) is 18.1 Å². The van der Waals surface area contributed by atoms with Gasteiger partial charge in [0.05, 0.1) is 11.5 Å². The molecule has 1 fully saturated rings. The highest BCUT2D eigenvalue weighted by Gasteiger charge is 2.21. The summed E-state index contributed by atoms with van der Waals surface area (Å²) in [4.78, 5) is 10.7. The lowest BCUT2D eigenvalue weighted by molar-refractivity contribution is -0.385. The largest absolute Gasteiger partial charge is 0.487 e. The van der Waals surface area contributed by atoms with Gasteiger partial charge in [-0.2, -0.15) is 0 Å². The van der Waals surface area contributed by atoms with Crippen molar-refractivity contribution < 1.29 is 9.66 Å². The summed E-state index contributed by atoms with van der Waals surface area (Å²) in [5.41, 5.74) is 1.08. The van der Waals surface area contributed by atoms with E-state index in [1.165, 1.54) is 19.3 Å². The monoisotopic (exact) mass is 292 g/mol. The average Bonchev–Trinajstić information content (AvgIpc) is 2.36. The van der Waals surface area contributed by atoms with Crippen LogP contribution >= 0.6 is 0 Å². The second-order valence-corrected chi connectivity index (χ2v) is 6.19. The number of rotatable bonds is 8. The molecule has 0 bridgehead atoms. The van der Waals surface area contributed by atoms with Crippen LogP contribution in [0.25, 0.3) is 0 Å². The normalized spacial score (nSPS) is 15.0. The molecule has 1 aliphatic rings. The van der Waals surface area contributed by atoms with Crippen molar-refractivity contribution in [1.29, 1.82) is 0 Å². The summed E-state index contributed by atoms with van der Waals surface area (Å²) in [6, 6.07) is 5.13. The zero-order chi connectivity index (χ0) is 15.2. The van der Waals surface area contributed by atoms with E-state index in [0.29, 0.717) is 30.7 Å². The van der Waals surface area contributed by atoms with Gasteiger partial charge in [-0.15, -0.1) is 0 Å². The van der Waals surface area contributed by atoms with E-state index in [-0.39, 0.29) is 10.6 Å². The average molecular weight is 292 g/mol. The van der Waals surface area contributed by atoms with Gasteiger partial charge in [-0.25, -0.2) is 0 Å². The molecule has 0 radical (unpaired) electrons. The van der Waals surface area contributed by atoms with Gasteiger partial charge in [0.1, 0.15) is 0 Å². The Kier molecular flexibility index (Phi) is 5.56. The quantitative estimate of drug-likeness (QED) is 0.588. The molecule has 0 heterocycles. The Hall–Kier alpha value is -1.62. The smallest absolute Gasteiger partial charge is 0.310 e. The summed E-state index contributed by atoms with van der Waals surface area (Å²) >= 11 is 0. The molecule has 1 aromatic rings. The fourth-order valence-corrected chi connectivity index (χ4v) is 2.31. The molecule has 1 aliphatic carbocycles. The maximum Gasteiger partial charge on any atom is 0.310 e. The fourth-order valence-electron chi connectivity index (χ4n) is 2.31. The first-order valence-electron chi connectivity index (χ1n) is 7.67. The van der Waals surface area contributed by atoms with Gasteiger partial charge in [0.2, 0.25) is 0 Å². The molecule has 0 aromatic heterocycles. The minimum Gasteiger partial charge on any atom is -0.487 e. The van der Waals surface area contributed by atoms with E-state index in [1.54, 1.807) is 18.2 Å². The topological polar surface area (TPSA) is 64.4 Å². The SMILES string of the molecule is CC(C)CNCc1ccc([N+](=O)[O-])c(OCC2CCC2)c1. The van der Waals surface area contributed by atoms with Crippen LogP contribution in [0.3, 0.4) is 0 Å². The predicted molar refractivity (Wildman–Crippen MR) is 82.5 cm³/mol. The number of nitrogens with one attached hydrogen (secondary N) is 1. The van der Waals surface area contributed by atoms with Crippen LogP contribution in [0.1, 0.15) is 38.7 Å². The number of nitro groups is 1. The van der Waals surface area contributed by atoms with E-state index in [1.807, 2.05) is 0 Å². The third-order valence-corrected chi connectivity index (χ3v) is 3.80. The van der Waals surface area contributed by atoms with E-state index in [4.69, 9.17) is 4.74 Å². The molecule has 2 rings (SSSR count). The molecule has 0 amide bonds. The third kappa shape index (κ3) is 4.70. The zero-order valence-corrected chi connectivity index (χ0v) is 12.8. The minimum atomic E-state index is -0.374. The van der Waals surface area contributed by atoms with Gasteiger partial charge in [0.25, 0.3) is 0 Å². The lowest BCUT2D eigenvalue weighted by Gasteiger charge is -2.25. The van der Waals surface area contributed by atoms with Crippen LogP contribution in [0.15, 0.2) is 18.2 Å². The molecule has 21 heavy (non-hydrogen) atoms. The van der Waals surface area contributed by atoms with Gasteiger partial charge in [-0.05, 0) is 42.9 Å². The molecule has 5 nitrogen and oxygen atoms in total. The Bertz CT molecular complexity index is 484. The highest BCUT2D eigenvalue weighted by Crippen LogP contribution is 2.31. The Morgan fingerprint density at radius 3 is 2.76 bits per heavy atom. The van der Waals surface area contributed by atoms with Crippen molar-refractivity contribution in [2.24, 2.45) is 11.8 Å². The van der Waals surface area contributed by atoms with E-state index in [0.717, 1.165) is 12.1 Å². The number of hydrogen-bond acceptors (Lipinski definition) is 4. The first-order valence-corrected chi connectivity index (χ1v) is 7.67. The van der Waals surface area contributed by atoms with Crippen molar-refractivity contribution in [3.8, 4) is 5.75 Å². The highest BCUT2D eigenvalue weighted by molar-refractivity contribution is 5.48. The Morgan fingerprint density at radius 2 is 2.19 bits per heavy atom. The number of nitro benzene ring substituents is 1. The molecule has 0 atom stereocenters. The van der Waals surface area contributed by atoms with Crippen molar-refractivity contribution in [3.05, 3.63) is 33.9 Å². The molecule has 0 saturated heterocycles. The fraction of sp³-hybridized carbons (Fsp3) is 0.625. The van der Waals surface area contributed by atoms with Crippen LogP contribution in [-0.2, 0) is 6.54 Å². The first-order chi connectivity index (χ1) is 10.1. The van der Waals surface area contributed by atoms with E-state index < -0.39 is 0 Å². The van der Waals surface area contributed by atoms with Crippen molar-refractivity contribution in [3.63, 3.8) is 0 Å². The predicted octanol–water partition coefficient (Wildman–Crippen LogP) is 3.52. The van der Waals surface area contributed by atoms with E-state index in [9.17, 15) is 10.1 Å². The summed E-state index contributed by atoms with van der Waals surface area (Å²) in [5, 5.41) is 14.4. The van der Waals surface area contributed by atoms with E-state index >= 15 is 0 Å². The molecule has 1 saturated carbocycles.